The first-order valence-corrected chi connectivity index (χ1v) is 6.00. The number of rotatable bonds is 5. The molecule has 1 aromatic heterocycles. The van der Waals surface area contributed by atoms with Crippen molar-refractivity contribution in [3.05, 3.63) is 57.9 Å². The van der Waals surface area contributed by atoms with E-state index in [-0.39, 0.29) is 11.5 Å². The minimum Gasteiger partial charge on any atom is -0.496 e. The third-order valence-corrected chi connectivity index (χ3v) is 3.01. The Morgan fingerprint density at radius 1 is 1.40 bits per heavy atom. The van der Waals surface area contributed by atoms with Gasteiger partial charge in [-0.1, -0.05) is 0 Å². The lowest BCUT2D eigenvalue weighted by molar-refractivity contribution is -0.384. The topological polar surface area (TPSA) is 74.4 Å². The first kappa shape index (κ1) is 13.8. The van der Waals surface area contributed by atoms with Gasteiger partial charge in [0.15, 0.2) is 5.78 Å². The van der Waals surface area contributed by atoms with E-state index in [4.69, 9.17) is 4.74 Å². The number of aromatic nitrogens is 1. The third-order valence-electron chi connectivity index (χ3n) is 3.01. The number of nitro groups is 1. The molecule has 0 bridgehead atoms. The maximum atomic E-state index is 11.5. The maximum absolute atomic E-state index is 11.5. The number of ether oxygens (including phenoxy) is 1. The van der Waals surface area contributed by atoms with Crippen LogP contribution >= 0.6 is 0 Å². The van der Waals surface area contributed by atoms with E-state index >= 15 is 0 Å². The number of nitro benzene ring substituents is 1. The Balaban J connectivity index is 2.41. The summed E-state index contributed by atoms with van der Waals surface area (Å²) in [4.78, 5) is 21.9. The predicted octanol–water partition coefficient (Wildman–Crippen LogP) is 2.66. The average molecular weight is 274 g/mol. The van der Waals surface area contributed by atoms with Crippen LogP contribution in [0.25, 0.3) is 0 Å². The molecule has 1 heterocycles. The number of ketones is 1. The largest absolute Gasteiger partial charge is 0.496 e. The minimum absolute atomic E-state index is 0.00247. The molecule has 0 aliphatic rings. The number of methoxy groups -OCH3 is 1. The molecule has 0 aliphatic carbocycles. The number of hydrogen-bond donors (Lipinski definition) is 0. The normalized spacial score (nSPS) is 10.3. The Hall–Kier alpha value is -2.63. The van der Waals surface area contributed by atoms with Crippen LogP contribution in [-0.2, 0) is 6.54 Å². The summed E-state index contributed by atoms with van der Waals surface area (Å²) in [6, 6.07) is 7.89. The number of carbonyl (C=O) groups excluding carboxylic acids is 1. The fourth-order valence-corrected chi connectivity index (χ4v) is 2.06. The van der Waals surface area contributed by atoms with Crippen LogP contribution in [0.15, 0.2) is 36.5 Å². The molecule has 0 aliphatic heterocycles. The quantitative estimate of drug-likeness (QED) is 0.477. The predicted molar refractivity (Wildman–Crippen MR) is 73.2 cm³/mol. The fraction of sp³-hybridized carbons (Fsp3) is 0.214. The summed E-state index contributed by atoms with van der Waals surface area (Å²) in [6.45, 7) is 1.82. The Kier molecular flexibility index (Phi) is 3.84. The van der Waals surface area contributed by atoms with Gasteiger partial charge in [-0.15, -0.1) is 0 Å². The van der Waals surface area contributed by atoms with Crippen molar-refractivity contribution in [2.75, 3.05) is 7.11 Å². The van der Waals surface area contributed by atoms with E-state index in [1.54, 1.807) is 29.0 Å². The lowest BCUT2D eigenvalue weighted by atomic mass is 10.1. The van der Waals surface area contributed by atoms with Gasteiger partial charge in [-0.2, -0.15) is 0 Å². The van der Waals surface area contributed by atoms with E-state index in [2.05, 4.69) is 0 Å². The van der Waals surface area contributed by atoms with Crippen molar-refractivity contribution < 1.29 is 14.5 Å². The number of Topliss-reactive ketones (excluding diaryl/α,β-unsaturated/α-hetero) is 1. The molecule has 0 fully saturated rings. The van der Waals surface area contributed by atoms with Gasteiger partial charge in [-0.05, 0) is 18.2 Å². The summed E-state index contributed by atoms with van der Waals surface area (Å²) < 4.78 is 6.95. The molecular weight excluding hydrogens is 260 g/mol. The summed E-state index contributed by atoms with van der Waals surface area (Å²) in [5, 5.41) is 10.8. The Labute approximate surface area is 115 Å². The van der Waals surface area contributed by atoms with Crippen LogP contribution < -0.4 is 4.74 Å². The van der Waals surface area contributed by atoms with Crippen molar-refractivity contribution in [2.24, 2.45) is 0 Å². The SMILES string of the molecule is COc1ccc([N+](=O)[O-])cc1Cn1cccc1C(C)=O. The van der Waals surface area contributed by atoms with Gasteiger partial charge >= 0.3 is 0 Å². The lowest BCUT2D eigenvalue weighted by Gasteiger charge is -2.11. The molecule has 6 nitrogen and oxygen atoms in total. The molecule has 6 heteroatoms. The highest BCUT2D eigenvalue weighted by Gasteiger charge is 2.13. The zero-order valence-corrected chi connectivity index (χ0v) is 11.2. The highest BCUT2D eigenvalue weighted by molar-refractivity contribution is 5.92. The van der Waals surface area contributed by atoms with E-state index in [1.807, 2.05) is 0 Å². The van der Waals surface area contributed by atoms with Crippen LogP contribution in [0, 0.1) is 10.1 Å². The van der Waals surface area contributed by atoms with E-state index in [1.165, 1.54) is 26.2 Å². The second-order valence-electron chi connectivity index (χ2n) is 4.33. The van der Waals surface area contributed by atoms with Gasteiger partial charge in [0.2, 0.25) is 0 Å². The van der Waals surface area contributed by atoms with E-state index in [0.29, 0.717) is 23.6 Å². The first-order chi connectivity index (χ1) is 9.52. The van der Waals surface area contributed by atoms with Crippen LogP contribution in [0.2, 0.25) is 0 Å². The molecule has 2 aromatic rings. The highest BCUT2D eigenvalue weighted by Crippen LogP contribution is 2.25. The monoisotopic (exact) mass is 274 g/mol. The Morgan fingerprint density at radius 2 is 2.15 bits per heavy atom. The molecule has 0 saturated carbocycles. The van der Waals surface area contributed by atoms with E-state index in [9.17, 15) is 14.9 Å². The Morgan fingerprint density at radius 3 is 2.75 bits per heavy atom. The van der Waals surface area contributed by atoms with Crippen LogP contribution in [0.1, 0.15) is 23.0 Å². The molecule has 2 rings (SSSR count). The molecule has 0 radical (unpaired) electrons. The van der Waals surface area contributed by atoms with Gasteiger partial charge in [0, 0.05) is 30.8 Å². The maximum Gasteiger partial charge on any atom is 0.270 e. The third kappa shape index (κ3) is 2.69. The van der Waals surface area contributed by atoms with Gasteiger partial charge in [0.05, 0.1) is 24.3 Å². The number of nitrogens with zero attached hydrogens (tertiary/aromatic N) is 2. The first-order valence-electron chi connectivity index (χ1n) is 6.00. The van der Waals surface area contributed by atoms with Crippen molar-refractivity contribution in [1.82, 2.24) is 4.57 Å². The van der Waals surface area contributed by atoms with Crippen molar-refractivity contribution in [3.63, 3.8) is 0 Å². The van der Waals surface area contributed by atoms with Crippen molar-refractivity contribution >= 4 is 11.5 Å². The van der Waals surface area contributed by atoms with Gasteiger partial charge in [-0.25, -0.2) is 0 Å². The minimum atomic E-state index is -0.454. The lowest BCUT2D eigenvalue weighted by Crippen LogP contribution is -2.08. The van der Waals surface area contributed by atoms with Gasteiger partial charge in [0.25, 0.3) is 5.69 Å². The molecule has 0 spiro atoms. The second kappa shape index (κ2) is 5.56. The highest BCUT2D eigenvalue weighted by atomic mass is 16.6. The molecule has 104 valence electrons. The number of benzene rings is 1. The molecular formula is C14H14N2O4. The van der Waals surface area contributed by atoms with E-state index < -0.39 is 4.92 Å². The average Bonchev–Trinajstić information content (AvgIpc) is 2.87. The van der Waals surface area contributed by atoms with Gasteiger partial charge in [0.1, 0.15) is 5.75 Å². The van der Waals surface area contributed by atoms with Crippen molar-refractivity contribution in [2.45, 2.75) is 13.5 Å². The zero-order chi connectivity index (χ0) is 14.7. The van der Waals surface area contributed by atoms with Crippen molar-refractivity contribution in [1.29, 1.82) is 0 Å². The van der Waals surface area contributed by atoms with Crippen LogP contribution in [-0.4, -0.2) is 22.4 Å². The molecule has 0 unspecified atom stereocenters. The molecule has 0 saturated heterocycles. The fourth-order valence-electron chi connectivity index (χ4n) is 2.06. The number of carbonyl (C=O) groups is 1. The van der Waals surface area contributed by atoms with Crippen LogP contribution in [0.5, 0.6) is 5.75 Å². The molecule has 0 amide bonds. The summed E-state index contributed by atoms with van der Waals surface area (Å²) in [5.41, 5.74) is 1.20. The second-order valence-corrected chi connectivity index (χ2v) is 4.33. The molecule has 1 aromatic carbocycles. The summed E-state index contributed by atoms with van der Waals surface area (Å²) >= 11 is 0. The zero-order valence-electron chi connectivity index (χ0n) is 11.2. The van der Waals surface area contributed by atoms with Gasteiger partial charge in [-0.3, -0.25) is 14.9 Å². The summed E-state index contributed by atoms with van der Waals surface area (Å²) in [6.07, 6.45) is 1.76. The van der Waals surface area contributed by atoms with Crippen LogP contribution in [0.4, 0.5) is 5.69 Å². The smallest absolute Gasteiger partial charge is 0.270 e. The van der Waals surface area contributed by atoms with Crippen LogP contribution in [0.3, 0.4) is 0 Å². The standard InChI is InChI=1S/C14H14N2O4/c1-10(17)13-4-3-7-15(13)9-11-8-12(16(18)19)5-6-14(11)20-2/h3-8H,9H2,1-2H3. The van der Waals surface area contributed by atoms with Gasteiger partial charge < -0.3 is 9.30 Å². The van der Waals surface area contributed by atoms with E-state index in [0.717, 1.165) is 0 Å². The summed E-state index contributed by atoms with van der Waals surface area (Å²) in [5.74, 6) is 0.498. The van der Waals surface area contributed by atoms with Crippen molar-refractivity contribution in [3.8, 4) is 5.75 Å². The number of hydrogen-bond acceptors (Lipinski definition) is 4. The molecule has 0 N–H and O–H groups in total. The molecule has 0 atom stereocenters. The molecule has 20 heavy (non-hydrogen) atoms. The number of non-ortho nitro benzene ring substituents is 1. The summed E-state index contributed by atoms with van der Waals surface area (Å²) in [7, 11) is 1.51. The Bertz CT molecular complexity index is 661.